The molecular weight excluding hydrogens is 342 g/mol. The molecule has 144 valence electrons. The van der Waals surface area contributed by atoms with Gasteiger partial charge in [-0.25, -0.2) is 0 Å². The molecule has 7 heteroatoms. The zero-order valence-electron chi connectivity index (χ0n) is 16.2. The molecule has 0 saturated heterocycles. The van der Waals surface area contributed by atoms with Crippen molar-refractivity contribution in [3.8, 4) is 0 Å². The van der Waals surface area contributed by atoms with Gasteiger partial charge in [-0.15, -0.1) is 0 Å². The average molecular weight is 369 g/mol. The highest BCUT2D eigenvalue weighted by atomic mass is 16.2. The van der Waals surface area contributed by atoms with Crippen LogP contribution in [0.15, 0.2) is 30.6 Å². The fraction of sp³-hybridized carbons (Fsp3) is 0.500. The monoisotopic (exact) mass is 369 g/mol. The molecule has 3 heterocycles. The normalized spacial score (nSPS) is 15.2. The summed E-state index contributed by atoms with van der Waals surface area (Å²) in [4.78, 5) is 30.5. The SMILES string of the molecule is CC(=O)N1CCCn2nc(C(=O)NC(CC(C)C)c3cccnc3)cc2C1. The van der Waals surface area contributed by atoms with Gasteiger partial charge in [-0.2, -0.15) is 5.10 Å². The van der Waals surface area contributed by atoms with E-state index in [1.807, 2.05) is 16.8 Å². The molecule has 0 fully saturated rings. The number of carbonyl (C=O) groups is 2. The highest BCUT2D eigenvalue weighted by Gasteiger charge is 2.23. The Morgan fingerprint density at radius 3 is 2.78 bits per heavy atom. The summed E-state index contributed by atoms with van der Waals surface area (Å²) in [5.41, 5.74) is 2.28. The summed E-state index contributed by atoms with van der Waals surface area (Å²) < 4.78 is 1.85. The molecule has 2 aromatic rings. The number of aryl methyl sites for hydroxylation is 1. The van der Waals surface area contributed by atoms with Crippen LogP contribution in [-0.2, 0) is 17.9 Å². The van der Waals surface area contributed by atoms with Crippen molar-refractivity contribution in [2.75, 3.05) is 6.54 Å². The van der Waals surface area contributed by atoms with Crippen molar-refractivity contribution in [2.24, 2.45) is 5.92 Å². The molecule has 7 nitrogen and oxygen atoms in total. The van der Waals surface area contributed by atoms with Gasteiger partial charge in [0.2, 0.25) is 5.91 Å². The number of nitrogens with zero attached hydrogens (tertiary/aromatic N) is 4. The van der Waals surface area contributed by atoms with Crippen molar-refractivity contribution in [1.29, 1.82) is 0 Å². The molecule has 27 heavy (non-hydrogen) atoms. The zero-order valence-corrected chi connectivity index (χ0v) is 16.2. The average Bonchev–Trinajstić information content (AvgIpc) is 2.93. The van der Waals surface area contributed by atoms with Crippen LogP contribution < -0.4 is 5.32 Å². The van der Waals surface area contributed by atoms with Gasteiger partial charge in [0.15, 0.2) is 5.69 Å². The molecule has 0 aromatic carbocycles. The maximum absolute atomic E-state index is 12.8. The van der Waals surface area contributed by atoms with Gasteiger partial charge in [0.1, 0.15) is 0 Å². The van der Waals surface area contributed by atoms with Gasteiger partial charge in [-0.3, -0.25) is 19.3 Å². The van der Waals surface area contributed by atoms with Gasteiger partial charge >= 0.3 is 0 Å². The summed E-state index contributed by atoms with van der Waals surface area (Å²) in [7, 11) is 0. The minimum absolute atomic E-state index is 0.0456. The first-order valence-electron chi connectivity index (χ1n) is 9.47. The van der Waals surface area contributed by atoms with Crippen molar-refractivity contribution in [3.05, 3.63) is 47.5 Å². The molecule has 0 bridgehead atoms. The standard InChI is InChI=1S/C20H27N5O2/c1-14(2)10-18(16-6-4-7-21-12-16)22-20(27)19-11-17-13-24(15(3)26)8-5-9-25(17)23-19/h4,6-7,11-12,14,18H,5,8-10,13H2,1-3H3,(H,22,27). The Bertz CT molecular complexity index is 800. The second-order valence-electron chi connectivity index (χ2n) is 7.48. The lowest BCUT2D eigenvalue weighted by molar-refractivity contribution is -0.129. The summed E-state index contributed by atoms with van der Waals surface area (Å²) in [6.07, 6.45) is 5.18. The lowest BCUT2D eigenvalue weighted by Crippen LogP contribution is -2.30. The van der Waals surface area contributed by atoms with E-state index in [1.165, 1.54) is 0 Å². The zero-order chi connectivity index (χ0) is 19.4. The minimum atomic E-state index is -0.195. The van der Waals surface area contributed by atoms with Crippen LogP contribution in [0.4, 0.5) is 0 Å². The Kier molecular flexibility index (Phi) is 5.88. The molecule has 0 radical (unpaired) electrons. The fourth-order valence-electron chi connectivity index (χ4n) is 3.41. The third kappa shape index (κ3) is 4.72. The van der Waals surface area contributed by atoms with E-state index in [0.717, 1.165) is 30.6 Å². The van der Waals surface area contributed by atoms with E-state index < -0.39 is 0 Å². The number of hydrogen-bond donors (Lipinski definition) is 1. The lowest BCUT2D eigenvalue weighted by atomic mass is 9.98. The van der Waals surface area contributed by atoms with Crippen molar-refractivity contribution in [3.63, 3.8) is 0 Å². The number of fused-ring (bicyclic) bond motifs is 1. The number of aromatic nitrogens is 3. The summed E-state index contributed by atoms with van der Waals surface area (Å²) >= 11 is 0. The number of nitrogens with one attached hydrogen (secondary N) is 1. The second kappa shape index (κ2) is 8.33. The van der Waals surface area contributed by atoms with E-state index in [1.54, 1.807) is 30.3 Å². The third-order valence-corrected chi connectivity index (χ3v) is 4.79. The summed E-state index contributed by atoms with van der Waals surface area (Å²) in [5, 5.41) is 7.59. The lowest BCUT2D eigenvalue weighted by Gasteiger charge is -2.20. The van der Waals surface area contributed by atoms with Gasteiger partial charge in [0, 0.05) is 32.4 Å². The number of amides is 2. The van der Waals surface area contributed by atoms with Crippen LogP contribution in [0.1, 0.15) is 61.4 Å². The second-order valence-corrected chi connectivity index (χ2v) is 7.48. The van der Waals surface area contributed by atoms with E-state index in [2.05, 4.69) is 29.2 Å². The predicted octanol–water partition coefficient (Wildman–Crippen LogP) is 2.55. The quantitative estimate of drug-likeness (QED) is 0.878. The third-order valence-electron chi connectivity index (χ3n) is 4.79. The van der Waals surface area contributed by atoms with Crippen LogP contribution in [0.2, 0.25) is 0 Å². The summed E-state index contributed by atoms with van der Waals surface area (Å²) in [6, 6.07) is 5.55. The molecule has 2 aromatic heterocycles. The molecule has 1 aliphatic heterocycles. The van der Waals surface area contributed by atoms with E-state index >= 15 is 0 Å². The van der Waals surface area contributed by atoms with Crippen LogP contribution in [0.5, 0.6) is 0 Å². The molecule has 1 N–H and O–H groups in total. The highest BCUT2D eigenvalue weighted by Crippen LogP contribution is 2.21. The van der Waals surface area contributed by atoms with Crippen molar-refractivity contribution in [1.82, 2.24) is 25.0 Å². The molecule has 1 unspecified atom stereocenters. The number of pyridine rings is 1. The van der Waals surface area contributed by atoms with Gasteiger partial charge in [-0.1, -0.05) is 19.9 Å². The molecule has 3 rings (SSSR count). The highest BCUT2D eigenvalue weighted by molar-refractivity contribution is 5.92. The first kappa shape index (κ1) is 19.1. The van der Waals surface area contributed by atoms with Crippen LogP contribution in [-0.4, -0.2) is 38.0 Å². The minimum Gasteiger partial charge on any atom is -0.344 e. The first-order valence-corrected chi connectivity index (χ1v) is 9.47. The number of carbonyl (C=O) groups excluding carboxylic acids is 2. The van der Waals surface area contributed by atoms with E-state index in [9.17, 15) is 9.59 Å². The van der Waals surface area contributed by atoms with E-state index in [0.29, 0.717) is 24.7 Å². The van der Waals surface area contributed by atoms with Gasteiger partial charge in [0.25, 0.3) is 5.91 Å². The van der Waals surface area contributed by atoms with Crippen molar-refractivity contribution >= 4 is 11.8 Å². The Hall–Kier alpha value is -2.70. The smallest absolute Gasteiger partial charge is 0.272 e. The molecule has 2 amide bonds. The van der Waals surface area contributed by atoms with Gasteiger partial charge in [0.05, 0.1) is 18.3 Å². The molecule has 0 aliphatic carbocycles. The fourth-order valence-corrected chi connectivity index (χ4v) is 3.41. The number of hydrogen-bond acceptors (Lipinski definition) is 4. The largest absolute Gasteiger partial charge is 0.344 e. The molecule has 1 aliphatic rings. The van der Waals surface area contributed by atoms with Gasteiger partial charge in [-0.05, 0) is 36.5 Å². The Morgan fingerprint density at radius 2 is 2.11 bits per heavy atom. The molecule has 0 spiro atoms. The number of rotatable bonds is 5. The van der Waals surface area contributed by atoms with E-state index in [-0.39, 0.29) is 17.9 Å². The Balaban J connectivity index is 1.77. The maximum Gasteiger partial charge on any atom is 0.272 e. The molecular formula is C20H27N5O2. The maximum atomic E-state index is 12.8. The Labute approximate surface area is 159 Å². The first-order chi connectivity index (χ1) is 12.9. The van der Waals surface area contributed by atoms with E-state index in [4.69, 9.17) is 0 Å². The summed E-state index contributed by atoms with van der Waals surface area (Å²) in [5.74, 6) is 0.280. The van der Waals surface area contributed by atoms with Crippen LogP contribution >= 0.6 is 0 Å². The topological polar surface area (TPSA) is 80.1 Å². The van der Waals surface area contributed by atoms with Crippen molar-refractivity contribution < 1.29 is 9.59 Å². The van der Waals surface area contributed by atoms with Crippen LogP contribution in [0, 0.1) is 5.92 Å². The Morgan fingerprint density at radius 1 is 1.30 bits per heavy atom. The molecule has 0 saturated carbocycles. The van der Waals surface area contributed by atoms with Gasteiger partial charge < -0.3 is 10.2 Å². The molecule has 1 atom stereocenters. The van der Waals surface area contributed by atoms with Crippen LogP contribution in [0.3, 0.4) is 0 Å². The summed E-state index contributed by atoms with van der Waals surface area (Å²) in [6.45, 7) is 7.76. The van der Waals surface area contributed by atoms with Crippen LogP contribution in [0.25, 0.3) is 0 Å². The predicted molar refractivity (Wildman–Crippen MR) is 102 cm³/mol. The van der Waals surface area contributed by atoms with Crippen molar-refractivity contribution in [2.45, 2.75) is 52.7 Å².